The second kappa shape index (κ2) is 8.40. The van der Waals surface area contributed by atoms with E-state index in [1.165, 1.54) is 0 Å². The van der Waals surface area contributed by atoms with E-state index >= 15 is 0 Å². The van der Waals surface area contributed by atoms with Gasteiger partial charge in [-0.1, -0.05) is 35.8 Å². The number of hydrogen-bond donors (Lipinski definition) is 1. The lowest BCUT2D eigenvalue weighted by atomic mass is 10.1. The Morgan fingerprint density at radius 3 is 2.83 bits per heavy atom. The third-order valence-corrected chi connectivity index (χ3v) is 4.65. The number of aromatic nitrogens is 5. The number of amides is 1. The van der Waals surface area contributed by atoms with Gasteiger partial charge in [-0.15, -0.1) is 10.2 Å². The lowest BCUT2D eigenvalue weighted by Crippen LogP contribution is -2.25. The first-order valence-electron chi connectivity index (χ1n) is 9.30. The van der Waals surface area contributed by atoms with E-state index < -0.39 is 0 Å². The lowest BCUT2D eigenvalue weighted by molar-refractivity contribution is -0.120. The molecule has 0 radical (unpaired) electrons. The van der Waals surface area contributed by atoms with Crippen molar-refractivity contribution in [1.82, 2.24) is 30.1 Å². The minimum atomic E-state index is -0.110. The highest BCUT2D eigenvalue weighted by molar-refractivity contribution is 6.30. The van der Waals surface area contributed by atoms with Crippen LogP contribution in [-0.2, 0) is 24.2 Å². The van der Waals surface area contributed by atoms with Gasteiger partial charge < -0.3 is 9.84 Å². The van der Waals surface area contributed by atoms with Crippen molar-refractivity contribution >= 4 is 23.2 Å². The van der Waals surface area contributed by atoms with E-state index in [1.807, 2.05) is 34.9 Å². The largest absolute Gasteiger partial charge is 0.348 e. The van der Waals surface area contributed by atoms with Crippen molar-refractivity contribution in [2.75, 3.05) is 0 Å². The molecule has 4 aromatic rings. The third-order valence-electron chi connectivity index (χ3n) is 4.40. The van der Waals surface area contributed by atoms with Crippen LogP contribution in [0.2, 0.25) is 5.02 Å². The SMILES string of the molecule is CCCc1noc(-c2cccn3c(CNC(=O)Cc4ccc(Cl)cc4)nnc23)n1. The zero-order valence-corrected chi connectivity index (χ0v) is 16.6. The van der Waals surface area contributed by atoms with Crippen LogP contribution in [0.1, 0.15) is 30.6 Å². The summed E-state index contributed by atoms with van der Waals surface area (Å²) in [5.41, 5.74) is 2.19. The zero-order valence-electron chi connectivity index (χ0n) is 15.8. The molecule has 1 amide bonds. The molecule has 0 aliphatic carbocycles. The van der Waals surface area contributed by atoms with Crippen LogP contribution in [0.15, 0.2) is 47.1 Å². The quantitative estimate of drug-likeness (QED) is 0.502. The van der Waals surface area contributed by atoms with Crippen LogP contribution in [0.3, 0.4) is 0 Å². The molecule has 0 aliphatic heterocycles. The Kier molecular flexibility index (Phi) is 5.53. The number of aryl methyl sites for hydroxylation is 1. The van der Waals surface area contributed by atoms with Gasteiger partial charge in [0, 0.05) is 17.6 Å². The molecule has 4 rings (SSSR count). The van der Waals surface area contributed by atoms with E-state index in [2.05, 4.69) is 32.6 Å². The normalized spacial score (nSPS) is 11.1. The van der Waals surface area contributed by atoms with Crippen LogP contribution >= 0.6 is 11.6 Å². The Morgan fingerprint density at radius 1 is 1.21 bits per heavy atom. The van der Waals surface area contributed by atoms with Crippen molar-refractivity contribution in [2.45, 2.75) is 32.7 Å². The van der Waals surface area contributed by atoms with Gasteiger partial charge in [0.05, 0.1) is 18.5 Å². The standard InChI is InChI=1S/C20H19ClN6O2/c1-2-4-16-23-20(29-26-16)15-5-3-10-27-17(24-25-19(15)27)12-22-18(28)11-13-6-8-14(21)9-7-13/h3,5-10H,2,4,11-12H2,1H3,(H,22,28). The maximum absolute atomic E-state index is 12.2. The number of fused-ring (bicyclic) bond motifs is 1. The van der Waals surface area contributed by atoms with Crippen molar-refractivity contribution in [3.63, 3.8) is 0 Å². The van der Waals surface area contributed by atoms with Gasteiger partial charge in [0.15, 0.2) is 17.3 Å². The van der Waals surface area contributed by atoms with Crippen LogP contribution in [0.4, 0.5) is 0 Å². The van der Waals surface area contributed by atoms with Crippen molar-refractivity contribution in [3.05, 3.63) is 64.8 Å². The lowest BCUT2D eigenvalue weighted by Gasteiger charge is -2.05. The van der Waals surface area contributed by atoms with Crippen LogP contribution in [0.5, 0.6) is 0 Å². The molecule has 29 heavy (non-hydrogen) atoms. The molecule has 0 aliphatic rings. The fraction of sp³-hybridized carbons (Fsp3) is 0.250. The Labute approximate surface area is 171 Å². The van der Waals surface area contributed by atoms with Crippen LogP contribution in [0, 0.1) is 0 Å². The first-order chi connectivity index (χ1) is 14.1. The van der Waals surface area contributed by atoms with E-state index in [9.17, 15) is 4.79 Å². The first kappa shape index (κ1) is 19.1. The molecule has 0 saturated heterocycles. The Balaban J connectivity index is 1.48. The predicted octanol–water partition coefficient (Wildman–Crippen LogP) is 3.24. The van der Waals surface area contributed by atoms with E-state index in [4.69, 9.17) is 16.1 Å². The number of rotatable bonds is 7. The smallest absolute Gasteiger partial charge is 0.261 e. The van der Waals surface area contributed by atoms with Gasteiger partial charge in [-0.25, -0.2) is 0 Å². The molecule has 9 heteroatoms. The molecular weight excluding hydrogens is 392 g/mol. The van der Waals surface area contributed by atoms with Crippen molar-refractivity contribution in [1.29, 1.82) is 0 Å². The average molecular weight is 411 g/mol. The number of halogens is 1. The number of pyridine rings is 1. The van der Waals surface area contributed by atoms with Gasteiger partial charge >= 0.3 is 0 Å². The molecular formula is C20H19ClN6O2. The second-order valence-corrected chi connectivity index (χ2v) is 7.01. The molecule has 148 valence electrons. The molecule has 0 spiro atoms. The monoisotopic (exact) mass is 410 g/mol. The second-order valence-electron chi connectivity index (χ2n) is 6.58. The Morgan fingerprint density at radius 2 is 2.03 bits per heavy atom. The summed E-state index contributed by atoms with van der Waals surface area (Å²) in [7, 11) is 0. The van der Waals surface area contributed by atoms with Gasteiger partial charge in [0.25, 0.3) is 5.89 Å². The van der Waals surface area contributed by atoms with Gasteiger partial charge in [-0.2, -0.15) is 4.98 Å². The molecule has 0 saturated carbocycles. The summed E-state index contributed by atoms with van der Waals surface area (Å²) in [6, 6.07) is 10.9. The maximum Gasteiger partial charge on any atom is 0.261 e. The van der Waals surface area contributed by atoms with E-state index in [1.54, 1.807) is 12.1 Å². The highest BCUT2D eigenvalue weighted by Crippen LogP contribution is 2.22. The summed E-state index contributed by atoms with van der Waals surface area (Å²) >= 11 is 5.87. The summed E-state index contributed by atoms with van der Waals surface area (Å²) in [5.74, 6) is 1.57. The van der Waals surface area contributed by atoms with Crippen LogP contribution < -0.4 is 5.32 Å². The highest BCUT2D eigenvalue weighted by Gasteiger charge is 2.16. The molecule has 0 unspecified atom stereocenters. The molecule has 0 atom stereocenters. The number of carbonyl (C=O) groups excluding carboxylic acids is 1. The summed E-state index contributed by atoms with van der Waals surface area (Å²) in [4.78, 5) is 16.7. The summed E-state index contributed by atoms with van der Waals surface area (Å²) < 4.78 is 7.18. The summed E-state index contributed by atoms with van der Waals surface area (Å²) in [6.45, 7) is 2.31. The number of nitrogens with one attached hydrogen (secondary N) is 1. The predicted molar refractivity (Wildman–Crippen MR) is 107 cm³/mol. The van der Waals surface area contributed by atoms with Gasteiger partial charge in [0.2, 0.25) is 5.91 Å². The van der Waals surface area contributed by atoms with Crippen LogP contribution in [0.25, 0.3) is 17.1 Å². The van der Waals surface area contributed by atoms with Gasteiger partial charge in [0.1, 0.15) is 0 Å². The van der Waals surface area contributed by atoms with E-state index in [0.717, 1.165) is 18.4 Å². The molecule has 0 bridgehead atoms. The Hall–Kier alpha value is -3.26. The molecule has 0 fully saturated rings. The van der Waals surface area contributed by atoms with E-state index in [-0.39, 0.29) is 18.9 Å². The van der Waals surface area contributed by atoms with Gasteiger partial charge in [-0.3, -0.25) is 9.20 Å². The third kappa shape index (κ3) is 4.27. The van der Waals surface area contributed by atoms with Crippen LogP contribution in [-0.4, -0.2) is 30.6 Å². The first-order valence-corrected chi connectivity index (χ1v) is 9.68. The molecule has 1 aromatic carbocycles. The summed E-state index contributed by atoms with van der Waals surface area (Å²) in [5, 5.41) is 16.0. The Bertz CT molecular complexity index is 1140. The molecule has 3 aromatic heterocycles. The molecule has 8 nitrogen and oxygen atoms in total. The number of benzene rings is 1. The topological polar surface area (TPSA) is 98.2 Å². The number of carbonyl (C=O) groups is 1. The maximum atomic E-state index is 12.2. The van der Waals surface area contributed by atoms with Crippen molar-refractivity contribution in [2.24, 2.45) is 0 Å². The molecule has 3 heterocycles. The van der Waals surface area contributed by atoms with E-state index in [0.29, 0.717) is 33.8 Å². The highest BCUT2D eigenvalue weighted by atomic mass is 35.5. The van der Waals surface area contributed by atoms with Gasteiger partial charge in [-0.05, 0) is 36.2 Å². The minimum Gasteiger partial charge on any atom is -0.348 e. The fourth-order valence-corrected chi connectivity index (χ4v) is 3.09. The van der Waals surface area contributed by atoms with Crippen molar-refractivity contribution < 1.29 is 9.32 Å². The van der Waals surface area contributed by atoms with Crippen molar-refractivity contribution in [3.8, 4) is 11.5 Å². The fourth-order valence-electron chi connectivity index (χ4n) is 2.97. The minimum absolute atomic E-state index is 0.110. The summed E-state index contributed by atoms with van der Waals surface area (Å²) in [6.07, 6.45) is 3.79. The number of hydrogen-bond acceptors (Lipinski definition) is 6. The average Bonchev–Trinajstić information content (AvgIpc) is 3.35. The number of nitrogens with zero attached hydrogens (tertiary/aromatic N) is 5. The zero-order chi connectivity index (χ0) is 20.2. The molecule has 1 N–H and O–H groups in total.